The van der Waals surface area contributed by atoms with E-state index >= 15 is 0 Å². The molecule has 0 saturated carbocycles. The molecule has 2 N–H and O–H groups in total. The number of nitrogens with zero attached hydrogens (tertiary/aromatic N) is 3. The molecule has 1 fully saturated rings. The van der Waals surface area contributed by atoms with Crippen molar-refractivity contribution in [3.05, 3.63) is 45.4 Å². The van der Waals surface area contributed by atoms with Crippen molar-refractivity contribution in [3.63, 3.8) is 0 Å². The minimum atomic E-state index is 0.0438. The second-order valence-corrected chi connectivity index (χ2v) is 8.26. The van der Waals surface area contributed by atoms with Crippen LogP contribution in [0.2, 0.25) is 0 Å². The van der Waals surface area contributed by atoms with Gasteiger partial charge in [0.1, 0.15) is 5.69 Å². The number of likely N-dealkylation sites (tertiary alicyclic amines) is 1. The molecule has 3 heterocycles. The fourth-order valence-corrected chi connectivity index (χ4v) is 5.13. The van der Waals surface area contributed by atoms with Gasteiger partial charge in [0.25, 0.3) is 5.91 Å². The number of hydrogen-bond donors (Lipinski definition) is 1. The predicted octanol–water partition coefficient (Wildman–Crippen LogP) is 3.27. The third-order valence-corrected chi connectivity index (χ3v) is 6.68. The minimum Gasteiger partial charge on any atom is -0.337 e. The SMILES string of the molecule is NCCc1nc(C(=O)N2CCC(c3nc4ccccc4s3)CC2)cs1. The van der Waals surface area contributed by atoms with Crippen LogP contribution in [0.25, 0.3) is 10.2 Å². The van der Waals surface area contributed by atoms with E-state index in [4.69, 9.17) is 10.7 Å². The number of benzene rings is 1. The maximum absolute atomic E-state index is 12.6. The Bertz CT molecular complexity index is 847. The molecule has 1 saturated heterocycles. The lowest BCUT2D eigenvalue weighted by molar-refractivity contribution is 0.0707. The summed E-state index contributed by atoms with van der Waals surface area (Å²) in [5.74, 6) is 0.493. The number of rotatable bonds is 4. The van der Waals surface area contributed by atoms with Gasteiger partial charge >= 0.3 is 0 Å². The Morgan fingerprint density at radius 3 is 2.80 bits per heavy atom. The Kier molecular flexibility index (Phi) is 4.78. The highest BCUT2D eigenvalue weighted by atomic mass is 32.1. The number of carbonyl (C=O) groups is 1. The molecule has 1 amide bonds. The topological polar surface area (TPSA) is 72.1 Å². The summed E-state index contributed by atoms with van der Waals surface area (Å²) in [6, 6.07) is 8.27. The van der Waals surface area contributed by atoms with Crippen LogP contribution in [0.15, 0.2) is 29.6 Å². The molecule has 1 aromatic carbocycles. The molecule has 3 aromatic rings. The van der Waals surface area contributed by atoms with Gasteiger partial charge in [-0.1, -0.05) is 12.1 Å². The number of carbonyl (C=O) groups excluding carboxylic acids is 1. The highest BCUT2D eigenvalue weighted by Gasteiger charge is 2.27. The van der Waals surface area contributed by atoms with Gasteiger partial charge in [-0.2, -0.15) is 0 Å². The largest absolute Gasteiger partial charge is 0.337 e. The Morgan fingerprint density at radius 2 is 2.04 bits per heavy atom. The third kappa shape index (κ3) is 3.44. The first-order valence-electron chi connectivity index (χ1n) is 8.54. The van der Waals surface area contributed by atoms with Crippen molar-refractivity contribution in [3.8, 4) is 0 Å². The zero-order valence-corrected chi connectivity index (χ0v) is 15.5. The summed E-state index contributed by atoms with van der Waals surface area (Å²) in [6.45, 7) is 2.10. The number of para-hydroxylation sites is 1. The van der Waals surface area contributed by atoms with E-state index in [2.05, 4.69) is 23.2 Å². The average molecular weight is 373 g/mol. The molecule has 5 nitrogen and oxygen atoms in total. The number of piperidine rings is 1. The van der Waals surface area contributed by atoms with E-state index in [1.807, 2.05) is 16.3 Å². The van der Waals surface area contributed by atoms with Gasteiger partial charge in [-0.05, 0) is 31.5 Å². The number of aromatic nitrogens is 2. The van der Waals surface area contributed by atoms with Crippen molar-refractivity contribution < 1.29 is 4.79 Å². The predicted molar refractivity (Wildman–Crippen MR) is 102 cm³/mol. The average Bonchev–Trinajstić information content (AvgIpc) is 3.28. The number of thiazole rings is 2. The van der Waals surface area contributed by atoms with E-state index in [1.54, 1.807) is 11.3 Å². The lowest BCUT2D eigenvalue weighted by Crippen LogP contribution is -2.38. The van der Waals surface area contributed by atoms with Crippen LogP contribution in [0.4, 0.5) is 0 Å². The van der Waals surface area contributed by atoms with E-state index in [0.29, 0.717) is 18.2 Å². The van der Waals surface area contributed by atoms with Gasteiger partial charge in [-0.15, -0.1) is 22.7 Å². The maximum atomic E-state index is 12.6. The summed E-state index contributed by atoms with van der Waals surface area (Å²) in [5.41, 5.74) is 7.20. The fraction of sp³-hybridized carbons (Fsp3) is 0.389. The van der Waals surface area contributed by atoms with Crippen LogP contribution < -0.4 is 5.73 Å². The van der Waals surface area contributed by atoms with Crippen molar-refractivity contribution in [1.29, 1.82) is 0 Å². The zero-order valence-electron chi connectivity index (χ0n) is 13.9. The molecule has 0 spiro atoms. The molecule has 25 heavy (non-hydrogen) atoms. The molecule has 0 unspecified atom stereocenters. The lowest BCUT2D eigenvalue weighted by atomic mass is 9.97. The van der Waals surface area contributed by atoms with Gasteiger partial charge in [0.05, 0.1) is 20.2 Å². The molecular formula is C18H20N4OS2. The molecule has 7 heteroatoms. The number of nitrogens with two attached hydrogens (primary N) is 1. The van der Waals surface area contributed by atoms with Gasteiger partial charge in [0.2, 0.25) is 0 Å². The Balaban J connectivity index is 1.41. The number of amides is 1. The molecule has 1 aliphatic heterocycles. The van der Waals surface area contributed by atoms with Crippen molar-refractivity contribution in [2.45, 2.75) is 25.2 Å². The highest BCUT2D eigenvalue weighted by Crippen LogP contribution is 2.34. The van der Waals surface area contributed by atoms with E-state index < -0.39 is 0 Å². The summed E-state index contributed by atoms with van der Waals surface area (Å²) in [4.78, 5) is 23.7. The van der Waals surface area contributed by atoms with Crippen LogP contribution in [0.5, 0.6) is 0 Å². The minimum absolute atomic E-state index is 0.0438. The second kappa shape index (κ2) is 7.19. The van der Waals surface area contributed by atoms with Crippen molar-refractivity contribution in [2.24, 2.45) is 5.73 Å². The second-order valence-electron chi connectivity index (χ2n) is 6.25. The Labute approximate surface area is 154 Å². The van der Waals surface area contributed by atoms with Crippen LogP contribution in [-0.4, -0.2) is 40.4 Å². The molecule has 0 radical (unpaired) electrons. The monoisotopic (exact) mass is 372 g/mol. The van der Waals surface area contributed by atoms with Crippen LogP contribution in [0.3, 0.4) is 0 Å². The van der Waals surface area contributed by atoms with Gasteiger partial charge in [0.15, 0.2) is 0 Å². The van der Waals surface area contributed by atoms with Crippen LogP contribution in [-0.2, 0) is 6.42 Å². The molecule has 0 aliphatic carbocycles. The van der Waals surface area contributed by atoms with Crippen molar-refractivity contribution in [2.75, 3.05) is 19.6 Å². The molecule has 0 atom stereocenters. The van der Waals surface area contributed by atoms with Gasteiger partial charge in [-0.3, -0.25) is 4.79 Å². The fourth-order valence-electron chi connectivity index (χ4n) is 3.20. The van der Waals surface area contributed by atoms with Crippen LogP contribution >= 0.6 is 22.7 Å². The normalized spacial score (nSPS) is 15.8. The molecule has 4 rings (SSSR count). The van der Waals surface area contributed by atoms with Gasteiger partial charge in [-0.25, -0.2) is 9.97 Å². The van der Waals surface area contributed by atoms with E-state index in [9.17, 15) is 4.79 Å². The Hall–Kier alpha value is -1.83. The molecule has 1 aliphatic rings. The van der Waals surface area contributed by atoms with Gasteiger partial charge in [0, 0.05) is 30.8 Å². The molecule has 2 aromatic heterocycles. The van der Waals surface area contributed by atoms with E-state index in [-0.39, 0.29) is 5.91 Å². The Morgan fingerprint density at radius 1 is 1.24 bits per heavy atom. The van der Waals surface area contributed by atoms with Crippen LogP contribution in [0.1, 0.15) is 39.3 Å². The maximum Gasteiger partial charge on any atom is 0.273 e. The first-order valence-corrected chi connectivity index (χ1v) is 10.2. The molecule has 130 valence electrons. The van der Waals surface area contributed by atoms with E-state index in [1.165, 1.54) is 21.0 Å². The number of fused-ring (bicyclic) bond motifs is 1. The smallest absolute Gasteiger partial charge is 0.273 e. The summed E-state index contributed by atoms with van der Waals surface area (Å²) >= 11 is 3.30. The standard InChI is InChI=1S/C18H20N4OS2/c19-8-5-16-20-14(11-24-16)18(23)22-9-6-12(7-10-22)17-21-13-3-1-2-4-15(13)25-17/h1-4,11-12H,5-10,19H2. The number of hydrogen-bond acceptors (Lipinski definition) is 6. The summed E-state index contributed by atoms with van der Waals surface area (Å²) < 4.78 is 1.24. The lowest BCUT2D eigenvalue weighted by Gasteiger charge is -2.30. The van der Waals surface area contributed by atoms with Crippen molar-refractivity contribution in [1.82, 2.24) is 14.9 Å². The zero-order chi connectivity index (χ0) is 17.2. The van der Waals surface area contributed by atoms with Gasteiger partial charge < -0.3 is 10.6 Å². The third-order valence-electron chi connectivity index (χ3n) is 4.57. The van der Waals surface area contributed by atoms with Crippen molar-refractivity contribution >= 4 is 38.8 Å². The summed E-state index contributed by atoms with van der Waals surface area (Å²) in [7, 11) is 0. The summed E-state index contributed by atoms with van der Waals surface area (Å²) in [6.07, 6.45) is 2.66. The quantitative estimate of drug-likeness (QED) is 0.763. The first-order chi connectivity index (χ1) is 12.2. The first kappa shape index (κ1) is 16.6. The molecule has 0 bridgehead atoms. The molecular weight excluding hydrogens is 352 g/mol. The summed E-state index contributed by atoms with van der Waals surface area (Å²) in [5, 5.41) is 4.00. The van der Waals surface area contributed by atoms with E-state index in [0.717, 1.165) is 42.9 Å². The van der Waals surface area contributed by atoms with Crippen LogP contribution in [0, 0.1) is 0 Å². The highest BCUT2D eigenvalue weighted by molar-refractivity contribution is 7.18.